The number of nitrogens with one attached hydrogen (secondary N) is 1. The summed E-state index contributed by atoms with van der Waals surface area (Å²) in [5.41, 5.74) is 4.15. The van der Waals surface area contributed by atoms with Gasteiger partial charge in [-0.05, 0) is 48.7 Å². The average molecular weight is 466 g/mol. The number of H-pyrrole nitrogens is 1. The maximum atomic E-state index is 13.6. The number of hydrogen-bond acceptors (Lipinski definition) is 5. The third-order valence-corrected chi connectivity index (χ3v) is 6.26. The van der Waals surface area contributed by atoms with Gasteiger partial charge in [-0.25, -0.2) is 5.10 Å². The number of hydrogen-bond donors (Lipinski definition) is 2. The maximum absolute atomic E-state index is 13.6. The van der Waals surface area contributed by atoms with Crippen LogP contribution in [-0.4, -0.2) is 45.5 Å². The van der Waals surface area contributed by atoms with E-state index in [0.29, 0.717) is 36.0 Å². The molecule has 2 N–H and O–H groups in total. The number of Topliss-reactive ketones (excluding diaryl/α,β-unsaturated/α-hetero) is 1. The lowest BCUT2D eigenvalue weighted by Crippen LogP contribution is -2.28. The predicted molar refractivity (Wildman–Crippen MR) is 126 cm³/mol. The second kappa shape index (κ2) is 8.57. The summed E-state index contributed by atoms with van der Waals surface area (Å²) in [5.74, 6) is 1.05. The number of aliphatic hydroxyl groups excluding tert-OH is 1. The summed E-state index contributed by atoms with van der Waals surface area (Å²) in [4.78, 5) is 13.6. The number of ketones is 1. The van der Waals surface area contributed by atoms with Crippen molar-refractivity contribution in [1.29, 1.82) is 0 Å². The number of benzene rings is 2. The van der Waals surface area contributed by atoms with Crippen molar-refractivity contribution in [1.82, 2.24) is 14.8 Å². The van der Waals surface area contributed by atoms with Crippen LogP contribution < -0.4 is 9.47 Å². The number of ether oxygens (including phenoxy) is 2. The number of aromatic amines is 1. The highest BCUT2D eigenvalue weighted by molar-refractivity contribution is 6.30. The normalized spacial score (nSPS) is 16.3. The van der Waals surface area contributed by atoms with E-state index < -0.39 is 6.10 Å². The molecular formula is C25H24ClN3O4. The summed E-state index contributed by atoms with van der Waals surface area (Å²) in [5, 5.41) is 18.4. The molecule has 5 rings (SSSR count). The first-order chi connectivity index (χ1) is 15.9. The molecule has 2 atom stereocenters. The summed E-state index contributed by atoms with van der Waals surface area (Å²) >= 11 is 6.15. The van der Waals surface area contributed by atoms with Crippen molar-refractivity contribution in [2.75, 3.05) is 13.7 Å². The Balaban J connectivity index is 1.54. The molecule has 33 heavy (non-hydrogen) atoms. The van der Waals surface area contributed by atoms with Gasteiger partial charge >= 0.3 is 0 Å². The van der Waals surface area contributed by atoms with Gasteiger partial charge in [0.15, 0.2) is 5.78 Å². The molecule has 0 saturated carbocycles. The molecule has 1 aliphatic rings. The first-order valence-corrected chi connectivity index (χ1v) is 11.2. The SMILES string of the molecule is COc1[nH]ncc1-c1ccc2c(C(=O)C3COc4ccc(Cl)cc4C3)cn(C[C@@H](C)O)c2c1. The minimum atomic E-state index is -0.567. The molecule has 2 aromatic heterocycles. The quantitative estimate of drug-likeness (QED) is 0.409. The van der Waals surface area contributed by atoms with E-state index >= 15 is 0 Å². The van der Waals surface area contributed by atoms with Crippen LogP contribution in [0.1, 0.15) is 22.8 Å². The van der Waals surface area contributed by atoms with Crippen molar-refractivity contribution in [2.24, 2.45) is 5.92 Å². The number of fused-ring (bicyclic) bond motifs is 2. The van der Waals surface area contributed by atoms with Crippen molar-refractivity contribution in [2.45, 2.75) is 26.0 Å². The Labute approximate surface area is 195 Å². The molecular weight excluding hydrogens is 442 g/mol. The summed E-state index contributed by atoms with van der Waals surface area (Å²) in [6.45, 7) is 2.42. The Morgan fingerprint density at radius 2 is 2.21 bits per heavy atom. The molecule has 3 heterocycles. The number of aromatic nitrogens is 3. The van der Waals surface area contributed by atoms with Crippen LogP contribution in [0.3, 0.4) is 0 Å². The Morgan fingerprint density at radius 1 is 1.36 bits per heavy atom. The zero-order chi connectivity index (χ0) is 23.1. The topological polar surface area (TPSA) is 89.4 Å². The molecule has 0 bridgehead atoms. The van der Waals surface area contributed by atoms with Gasteiger partial charge in [-0.1, -0.05) is 23.7 Å². The minimum Gasteiger partial charge on any atom is -0.493 e. The summed E-state index contributed by atoms with van der Waals surface area (Å²) in [7, 11) is 1.58. The van der Waals surface area contributed by atoms with E-state index in [1.54, 1.807) is 26.3 Å². The van der Waals surface area contributed by atoms with Gasteiger partial charge in [-0.15, -0.1) is 0 Å². The molecule has 0 spiro atoms. The molecule has 2 aromatic carbocycles. The fourth-order valence-electron chi connectivity index (χ4n) is 4.48. The predicted octanol–water partition coefficient (Wildman–Crippen LogP) is 4.51. The van der Waals surface area contributed by atoms with Crippen LogP contribution in [0.2, 0.25) is 5.02 Å². The molecule has 1 unspecified atom stereocenters. The van der Waals surface area contributed by atoms with Crippen LogP contribution in [0.4, 0.5) is 0 Å². The molecule has 7 nitrogen and oxygen atoms in total. The fourth-order valence-corrected chi connectivity index (χ4v) is 4.67. The van der Waals surface area contributed by atoms with E-state index in [1.807, 2.05) is 41.1 Å². The number of carbonyl (C=O) groups excluding carboxylic acids is 1. The Kier molecular flexibility index (Phi) is 5.60. The van der Waals surface area contributed by atoms with Crippen LogP contribution in [0.25, 0.3) is 22.0 Å². The van der Waals surface area contributed by atoms with Crippen molar-refractivity contribution in [3.63, 3.8) is 0 Å². The van der Waals surface area contributed by atoms with Gasteiger partial charge in [-0.2, -0.15) is 5.10 Å². The second-order valence-electron chi connectivity index (χ2n) is 8.42. The Hall–Kier alpha value is -3.29. The lowest BCUT2D eigenvalue weighted by Gasteiger charge is -2.24. The molecule has 1 aliphatic heterocycles. The molecule has 0 aliphatic carbocycles. The third-order valence-electron chi connectivity index (χ3n) is 6.03. The van der Waals surface area contributed by atoms with E-state index in [9.17, 15) is 9.90 Å². The molecule has 0 amide bonds. The van der Waals surface area contributed by atoms with Gasteiger partial charge in [0.1, 0.15) is 5.75 Å². The fraction of sp³-hybridized carbons (Fsp3) is 0.280. The maximum Gasteiger partial charge on any atom is 0.216 e. The highest BCUT2D eigenvalue weighted by atomic mass is 35.5. The van der Waals surface area contributed by atoms with Crippen molar-refractivity contribution >= 4 is 28.3 Å². The van der Waals surface area contributed by atoms with Crippen LogP contribution in [-0.2, 0) is 13.0 Å². The number of nitrogens with zero attached hydrogens (tertiary/aromatic N) is 2. The highest BCUT2D eigenvalue weighted by Crippen LogP contribution is 2.35. The van der Waals surface area contributed by atoms with E-state index in [4.69, 9.17) is 21.1 Å². The van der Waals surface area contributed by atoms with Gasteiger partial charge in [0, 0.05) is 34.2 Å². The molecule has 0 saturated heterocycles. The minimum absolute atomic E-state index is 0.0172. The average Bonchev–Trinajstić information content (AvgIpc) is 3.42. The number of aliphatic hydroxyl groups is 1. The number of rotatable bonds is 6. The van der Waals surface area contributed by atoms with Crippen LogP contribution in [0.5, 0.6) is 11.6 Å². The van der Waals surface area contributed by atoms with Gasteiger partial charge in [0.05, 0.1) is 37.5 Å². The second-order valence-corrected chi connectivity index (χ2v) is 8.86. The molecule has 0 fully saturated rings. The molecule has 0 radical (unpaired) electrons. The zero-order valence-electron chi connectivity index (χ0n) is 18.3. The largest absolute Gasteiger partial charge is 0.493 e. The van der Waals surface area contributed by atoms with Crippen molar-refractivity contribution in [3.05, 3.63) is 64.9 Å². The number of carbonyl (C=O) groups is 1. The lowest BCUT2D eigenvalue weighted by molar-refractivity contribution is 0.0856. The molecule has 4 aromatic rings. The van der Waals surface area contributed by atoms with Gasteiger partial charge in [0.2, 0.25) is 5.88 Å². The van der Waals surface area contributed by atoms with Crippen LogP contribution >= 0.6 is 11.6 Å². The van der Waals surface area contributed by atoms with E-state index in [-0.39, 0.29) is 11.7 Å². The molecule has 8 heteroatoms. The molecule has 170 valence electrons. The van der Waals surface area contributed by atoms with Gasteiger partial charge < -0.3 is 19.1 Å². The van der Waals surface area contributed by atoms with Crippen LogP contribution in [0.15, 0.2) is 48.8 Å². The Bertz CT molecular complexity index is 1340. The van der Waals surface area contributed by atoms with Crippen LogP contribution in [0, 0.1) is 5.92 Å². The zero-order valence-corrected chi connectivity index (χ0v) is 19.1. The van der Waals surface area contributed by atoms with Crippen molar-refractivity contribution < 1.29 is 19.4 Å². The Morgan fingerprint density at radius 3 is 3.00 bits per heavy atom. The third kappa shape index (κ3) is 3.98. The van der Waals surface area contributed by atoms with Gasteiger partial charge in [-0.3, -0.25) is 4.79 Å². The standard InChI is InChI=1S/C25H24ClN3O4/c1-14(30)11-29-12-21(24(31)17-7-16-8-18(26)4-6-23(16)33-13-17)19-5-3-15(9-22(19)29)20-10-27-28-25(20)32-2/h3-6,8-10,12,14,17,30H,7,11,13H2,1-2H3,(H,27,28)/t14-,17?/m1/s1. The first kappa shape index (κ1) is 21.6. The summed E-state index contributed by atoms with van der Waals surface area (Å²) in [6, 6.07) is 11.4. The van der Waals surface area contributed by atoms with E-state index in [1.165, 1.54) is 0 Å². The first-order valence-electron chi connectivity index (χ1n) is 10.8. The monoisotopic (exact) mass is 465 g/mol. The lowest BCUT2D eigenvalue weighted by atomic mass is 9.89. The van der Waals surface area contributed by atoms with E-state index in [2.05, 4.69) is 10.2 Å². The number of methoxy groups -OCH3 is 1. The van der Waals surface area contributed by atoms with E-state index in [0.717, 1.165) is 33.3 Å². The summed E-state index contributed by atoms with van der Waals surface area (Å²) in [6.07, 6.45) is 3.55. The van der Waals surface area contributed by atoms with Gasteiger partial charge in [0.25, 0.3) is 0 Å². The number of halogens is 1. The summed E-state index contributed by atoms with van der Waals surface area (Å²) < 4.78 is 13.2. The van der Waals surface area contributed by atoms with Crippen molar-refractivity contribution in [3.8, 4) is 22.8 Å². The highest BCUT2D eigenvalue weighted by Gasteiger charge is 2.29. The smallest absolute Gasteiger partial charge is 0.216 e.